The summed E-state index contributed by atoms with van der Waals surface area (Å²) in [6.07, 6.45) is 10.6. The number of nitrogens with zero attached hydrogens (tertiary/aromatic N) is 1. The maximum atomic E-state index is 3.03. The summed E-state index contributed by atoms with van der Waals surface area (Å²) in [5.41, 5.74) is 2.95. The van der Waals surface area contributed by atoms with Crippen LogP contribution in [-0.2, 0) is 13.0 Å². The van der Waals surface area contributed by atoms with Crippen molar-refractivity contribution in [2.45, 2.75) is 45.6 Å². The fourth-order valence-corrected chi connectivity index (χ4v) is 2.22. The zero-order chi connectivity index (χ0) is 13.9. The van der Waals surface area contributed by atoms with E-state index in [1.807, 2.05) is 13.2 Å². The molecule has 0 aliphatic rings. The highest BCUT2D eigenvalue weighted by atomic mass is 15.1. The lowest BCUT2D eigenvalue weighted by molar-refractivity contribution is 0.446. The van der Waals surface area contributed by atoms with Crippen LogP contribution in [0.2, 0.25) is 0 Å². The van der Waals surface area contributed by atoms with Crippen molar-refractivity contribution in [1.82, 2.24) is 10.2 Å². The number of rotatable bonds is 9. The molecule has 0 bridgehead atoms. The lowest BCUT2D eigenvalue weighted by Crippen LogP contribution is -2.13. The van der Waals surface area contributed by atoms with Crippen molar-refractivity contribution in [1.29, 1.82) is 0 Å². The zero-order valence-electron chi connectivity index (χ0n) is 12.7. The lowest BCUT2D eigenvalue weighted by Gasteiger charge is -2.17. The van der Waals surface area contributed by atoms with E-state index < -0.39 is 0 Å². The third kappa shape index (κ3) is 6.32. The molecule has 19 heavy (non-hydrogen) atoms. The molecule has 0 saturated carbocycles. The second-order valence-electron chi connectivity index (χ2n) is 5.10. The molecular formula is C17H28N2. The van der Waals surface area contributed by atoms with Gasteiger partial charge in [-0.05, 0) is 24.0 Å². The minimum absolute atomic E-state index is 0.974. The second kappa shape index (κ2) is 9.48. The van der Waals surface area contributed by atoms with Crippen LogP contribution < -0.4 is 5.32 Å². The molecule has 2 nitrogen and oxygen atoms in total. The van der Waals surface area contributed by atoms with Crippen LogP contribution in [0, 0.1) is 0 Å². The van der Waals surface area contributed by atoms with Gasteiger partial charge in [-0.2, -0.15) is 0 Å². The highest BCUT2D eigenvalue weighted by Crippen LogP contribution is 2.15. The van der Waals surface area contributed by atoms with Crippen molar-refractivity contribution in [3.8, 4) is 0 Å². The van der Waals surface area contributed by atoms with Crippen LogP contribution in [-0.4, -0.2) is 19.0 Å². The predicted molar refractivity (Wildman–Crippen MR) is 84.0 cm³/mol. The average Bonchev–Trinajstić information content (AvgIpc) is 2.43. The summed E-state index contributed by atoms with van der Waals surface area (Å²) < 4.78 is 0. The maximum absolute atomic E-state index is 3.03. The normalized spacial score (nSPS) is 10.9. The van der Waals surface area contributed by atoms with Gasteiger partial charge in [-0.25, -0.2) is 0 Å². The van der Waals surface area contributed by atoms with Crippen LogP contribution >= 0.6 is 0 Å². The Labute approximate surface area is 118 Å². The smallest absolute Gasteiger partial charge is 0.0423 e. The molecular weight excluding hydrogens is 232 g/mol. The Morgan fingerprint density at radius 3 is 2.53 bits per heavy atom. The SMILES string of the molecule is CCCCCCc1ccccc1CN(C)/C=C\NC. The molecule has 1 aromatic carbocycles. The fourth-order valence-electron chi connectivity index (χ4n) is 2.22. The number of aryl methyl sites for hydroxylation is 1. The molecule has 2 heteroatoms. The van der Waals surface area contributed by atoms with Gasteiger partial charge >= 0.3 is 0 Å². The van der Waals surface area contributed by atoms with E-state index in [2.05, 4.69) is 54.7 Å². The van der Waals surface area contributed by atoms with Crippen molar-refractivity contribution in [3.63, 3.8) is 0 Å². The lowest BCUT2D eigenvalue weighted by atomic mass is 10.0. The minimum atomic E-state index is 0.974. The van der Waals surface area contributed by atoms with Crippen LogP contribution in [0.1, 0.15) is 43.7 Å². The molecule has 0 aliphatic heterocycles. The molecule has 0 amide bonds. The Morgan fingerprint density at radius 1 is 1.11 bits per heavy atom. The Kier molecular flexibility index (Phi) is 7.80. The highest BCUT2D eigenvalue weighted by molar-refractivity contribution is 5.27. The Bertz CT molecular complexity index is 371. The van der Waals surface area contributed by atoms with E-state index >= 15 is 0 Å². The molecule has 0 heterocycles. The Morgan fingerprint density at radius 2 is 1.84 bits per heavy atom. The molecule has 0 atom stereocenters. The minimum Gasteiger partial charge on any atom is -0.393 e. The molecule has 1 aromatic rings. The molecule has 0 radical (unpaired) electrons. The molecule has 0 saturated heterocycles. The molecule has 0 fully saturated rings. The van der Waals surface area contributed by atoms with Gasteiger partial charge < -0.3 is 10.2 Å². The number of benzene rings is 1. The summed E-state index contributed by atoms with van der Waals surface area (Å²) in [5.74, 6) is 0. The summed E-state index contributed by atoms with van der Waals surface area (Å²) in [6.45, 7) is 3.24. The number of hydrogen-bond donors (Lipinski definition) is 1. The first kappa shape index (κ1) is 15.6. The summed E-state index contributed by atoms with van der Waals surface area (Å²) in [7, 11) is 4.04. The largest absolute Gasteiger partial charge is 0.393 e. The van der Waals surface area contributed by atoms with Gasteiger partial charge in [0.1, 0.15) is 0 Å². The van der Waals surface area contributed by atoms with Gasteiger partial charge in [-0.3, -0.25) is 0 Å². The average molecular weight is 260 g/mol. The van der Waals surface area contributed by atoms with Crippen molar-refractivity contribution >= 4 is 0 Å². The number of nitrogens with one attached hydrogen (secondary N) is 1. The van der Waals surface area contributed by atoms with Gasteiger partial charge in [0.25, 0.3) is 0 Å². The fraction of sp³-hybridized carbons (Fsp3) is 0.529. The summed E-state index contributed by atoms with van der Waals surface area (Å²) in [6, 6.07) is 8.82. The van der Waals surface area contributed by atoms with Crippen molar-refractivity contribution in [3.05, 3.63) is 47.8 Å². The second-order valence-corrected chi connectivity index (χ2v) is 5.10. The van der Waals surface area contributed by atoms with Gasteiger partial charge in [0.2, 0.25) is 0 Å². The van der Waals surface area contributed by atoms with Crippen LogP contribution in [0.3, 0.4) is 0 Å². The zero-order valence-corrected chi connectivity index (χ0v) is 12.7. The highest BCUT2D eigenvalue weighted by Gasteiger charge is 2.03. The van der Waals surface area contributed by atoms with Crippen molar-refractivity contribution in [2.75, 3.05) is 14.1 Å². The third-order valence-corrected chi connectivity index (χ3v) is 3.33. The predicted octanol–water partition coefficient (Wildman–Crippen LogP) is 3.93. The van der Waals surface area contributed by atoms with Crippen LogP contribution in [0.4, 0.5) is 0 Å². The number of unbranched alkanes of at least 4 members (excludes halogenated alkanes) is 3. The van der Waals surface area contributed by atoms with E-state index in [4.69, 9.17) is 0 Å². The van der Waals surface area contributed by atoms with Crippen LogP contribution in [0.15, 0.2) is 36.7 Å². The van der Waals surface area contributed by atoms with Crippen molar-refractivity contribution in [2.24, 2.45) is 0 Å². The van der Waals surface area contributed by atoms with E-state index in [0.717, 1.165) is 6.54 Å². The van der Waals surface area contributed by atoms with E-state index in [1.165, 1.54) is 43.2 Å². The standard InChI is InChI=1S/C17H28N2/c1-4-5-6-7-10-16-11-8-9-12-17(16)15-19(3)14-13-18-2/h8-9,11-14,18H,4-7,10,15H2,1-3H3/b14-13-. The Hall–Kier alpha value is -1.44. The van der Waals surface area contributed by atoms with Crippen LogP contribution in [0.5, 0.6) is 0 Å². The summed E-state index contributed by atoms with van der Waals surface area (Å²) in [5, 5.41) is 3.03. The molecule has 1 rings (SSSR count). The maximum Gasteiger partial charge on any atom is 0.0423 e. The van der Waals surface area contributed by atoms with Gasteiger partial charge in [0.15, 0.2) is 0 Å². The monoisotopic (exact) mass is 260 g/mol. The topological polar surface area (TPSA) is 15.3 Å². The van der Waals surface area contributed by atoms with Gasteiger partial charge in [0, 0.05) is 33.0 Å². The first-order valence-electron chi connectivity index (χ1n) is 7.39. The van der Waals surface area contributed by atoms with Gasteiger partial charge in [-0.15, -0.1) is 0 Å². The molecule has 1 N–H and O–H groups in total. The first-order chi connectivity index (χ1) is 9.27. The van der Waals surface area contributed by atoms with E-state index in [-0.39, 0.29) is 0 Å². The molecule has 0 aromatic heterocycles. The summed E-state index contributed by atoms with van der Waals surface area (Å²) >= 11 is 0. The molecule has 0 spiro atoms. The third-order valence-electron chi connectivity index (χ3n) is 3.33. The molecule has 0 aliphatic carbocycles. The first-order valence-corrected chi connectivity index (χ1v) is 7.39. The number of hydrogen-bond acceptors (Lipinski definition) is 2. The van der Waals surface area contributed by atoms with E-state index in [1.54, 1.807) is 0 Å². The van der Waals surface area contributed by atoms with Gasteiger partial charge in [-0.1, -0.05) is 50.5 Å². The van der Waals surface area contributed by atoms with Crippen LogP contribution in [0.25, 0.3) is 0 Å². The molecule has 0 unspecified atom stereocenters. The summed E-state index contributed by atoms with van der Waals surface area (Å²) in [4.78, 5) is 2.21. The quantitative estimate of drug-likeness (QED) is 0.677. The van der Waals surface area contributed by atoms with E-state index in [9.17, 15) is 0 Å². The Balaban J connectivity index is 2.54. The molecule has 106 valence electrons. The van der Waals surface area contributed by atoms with Crippen molar-refractivity contribution < 1.29 is 0 Å². The van der Waals surface area contributed by atoms with E-state index in [0.29, 0.717) is 0 Å². The van der Waals surface area contributed by atoms with Gasteiger partial charge in [0.05, 0.1) is 0 Å².